The fourth-order valence-corrected chi connectivity index (χ4v) is 3.34. The third kappa shape index (κ3) is 5.58. The van der Waals surface area contributed by atoms with E-state index < -0.39 is 11.8 Å². The SMILES string of the molecule is O=C(NCC1CCCO1)/C(=C\c1ccccc1)NC(=O)c1ccc(Cl)cc1Cl. The molecule has 2 amide bonds. The predicted octanol–water partition coefficient (Wildman–Crippen LogP) is 4.06. The molecule has 28 heavy (non-hydrogen) atoms. The molecule has 1 saturated heterocycles. The van der Waals surface area contributed by atoms with Gasteiger partial charge in [-0.2, -0.15) is 0 Å². The molecule has 1 aliphatic heterocycles. The lowest BCUT2D eigenvalue weighted by Crippen LogP contribution is -2.38. The third-order valence-electron chi connectivity index (χ3n) is 4.29. The summed E-state index contributed by atoms with van der Waals surface area (Å²) in [6.07, 6.45) is 3.51. The first-order chi connectivity index (χ1) is 13.5. The zero-order chi connectivity index (χ0) is 19.9. The van der Waals surface area contributed by atoms with E-state index in [0.717, 1.165) is 18.4 Å². The van der Waals surface area contributed by atoms with Crippen molar-refractivity contribution in [1.29, 1.82) is 0 Å². The van der Waals surface area contributed by atoms with Crippen LogP contribution in [0.5, 0.6) is 0 Å². The summed E-state index contributed by atoms with van der Waals surface area (Å²) in [5.41, 5.74) is 1.14. The highest BCUT2D eigenvalue weighted by Crippen LogP contribution is 2.21. The molecule has 1 unspecified atom stereocenters. The Kier molecular flexibility index (Phi) is 7.09. The van der Waals surface area contributed by atoms with E-state index in [2.05, 4.69) is 10.6 Å². The molecule has 0 aliphatic carbocycles. The second-order valence-corrected chi connectivity index (χ2v) is 7.24. The van der Waals surface area contributed by atoms with Crippen molar-refractivity contribution in [3.63, 3.8) is 0 Å². The van der Waals surface area contributed by atoms with E-state index >= 15 is 0 Å². The highest BCUT2D eigenvalue weighted by atomic mass is 35.5. The van der Waals surface area contributed by atoms with Gasteiger partial charge in [-0.15, -0.1) is 0 Å². The van der Waals surface area contributed by atoms with Crippen LogP contribution in [0.3, 0.4) is 0 Å². The van der Waals surface area contributed by atoms with Crippen LogP contribution in [0.25, 0.3) is 6.08 Å². The standard InChI is InChI=1S/C21H20Cl2N2O3/c22-15-8-9-17(18(23)12-15)20(26)25-19(11-14-5-2-1-3-6-14)21(27)24-13-16-7-4-10-28-16/h1-3,5-6,8-9,11-12,16H,4,7,10,13H2,(H,24,27)(H,25,26)/b19-11+. The molecular weight excluding hydrogens is 399 g/mol. The Labute approximate surface area is 173 Å². The van der Waals surface area contributed by atoms with Crippen molar-refractivity contribution in [2.75, 3.05) is 13.2 Å². The summed E-state index contributed by atoms with van der Waals surface area (Å²) < 4.78 is 5.53. The smallest absolute Gasteiger partial charge is 0.267 e. The summed E-state index contributed by atoms with van der Waals surface area (Å²) in [5, 5.41) is 6.12. The Bertz CT molecular complexity index is 878. The van der Waals surface area contributed by atoms with Gasteiger partial charge in [0.05, 0.1) is 16.7 Å². The molecule has 1 atom stereocenters. The topological polar surface area (TPSA) is 67.4 Å². The van der Waals surface area contributed by atoms with Gasteiger partial charge in [-0.25, -0.2) is 0 Å². The summed E-state index contributed by atoms with van der Waals surface area (Å²) in [4.78, 5) is 25.4. The molecule has 0 aromatic heterocycles. The largest absolute Gasteiger partial charge is 0.376 e. The lowest BCUT2D eigenvalue weighted by molar-refractivity contribution is -0.118. The van der Waals surface area contributed by atoms with Crippen LogP contribution in [0.15, 0.2) is 54.2 Å². The van der Waals surface area contributed by atoms with Gasteiger partial charge >= 0.3 is 0 Å². The Hall–Kier alpha value is -2.34. The fourth-order valence-electron chi connectivity index (χ4n) is 2.84. The number of amides is 2. The minimum atomic E-state index is -0.490. The average molecular weight is 419 g/mol. The molecule has 5 nitrogen and oxygen atoms in total. The lowest BCUT2D eigenvalue weighted by atomic mass is 10.1. The van der Waals surface area contributed by atoms with E-state index in [1.807, 2.05) is 30.3 Å². The maximum atomic E-state index is 12.7. The molecule has 2 N–H and O–H groups in total. The molecule has 3 rings (SSSR count). The minimum absolute atomic E-state index is 0.00309. The molecule has 7 heteroatoms. The third-order valence-corrected chi connectivity index (χ3v) is 4.84. The second-order valence-electron chi connectivity index (χ2n) is 6.39. The zero-order valence-electron chi connectivity index (χ0n) is 15.1. The number of carbonyl (C=O) groups is 2. The summed E-state index contributed by atoms with van der Waals surface area (Å²) in [6.45, 7) is 1.10. The van der Waals surface area contributed by atoms with Crippen LogP contribution in [0, 0.1) is 0 Å². The minimum Gasteiger partial charge on any atom is -0.376 e. The van der Waals surface area contributed by atoms with Gasteiger partial charge in [0, 0.05) is 18.2 Å². The Morgan fingerprint density at radius 3 is 2.61 bits per heavy atom. The van der Waals surface area contributed by atoms with Gasteiger partial charge in [-0.1, -0.05) is 53.5 Å². The van der Waals surface area contributed by atoms with Crippen molar-refractivity contribution >= 4 is 41.1 Å². The highest BCUT2D eigenvalue weighted by molar-refractivity contribution is 6.36. The van der Waals surface area contributed by atoms with E-state index in [1.165, 1.54) is 12.1 Å². The van der Waals surface area contributed by atoms with Crippen LogP contribution in [-0.4, -0.2) is 31.1 Å². The van der Waals surface area contributed by atoms with Crippen molar-refractivity contribution in [3.05, 3.63) is 75.4 Å². The van der Waals surface area contributed by atoms with Crippen LogP contribution in [-0.2, 0) is 9.53 Å². The molecule has 146 valence electrons. The second kappa shape index (κ2) is 9.73. The van der Waals surface area contributed by atoms with Crippen LogP contribution in [0.4, 0.5) is 0 Å². The van der Waals surface area contributed by atoms with E-state index in [1.54, 1.807) is 12.1 Å². The first-order valence-electron chi connectivity index (χ1n) is 8.96. The van der Waals surface area contributed by atoms with E-state index in [9.17, 15) is 9.59 Å². The molecule has 1 aliphatic rings. The summed E-state index contributed by atoms with van der Waals surface area (Å²) in [6, 6.07) is 13.8. The molecule has 2 aromatic rings. The summed E-state index contributed by atoms with van der Waals surface area (Å²) >= 11 is 12.0. The van der Waals surface area contributed by atoms with E-state index in [0.29, 0.717) is 18.2 Å². The van der Waals surface area contributed by atoms with E-state index in [4.69, 9.17) is 27.9 Å². The van der Waals surface area contributed by atoms with Crippen LogP contribution in [0.2, 0.25) is 10.0 Å². The molecule has 1 heterocycles. The molecule has 0 saturated carbocycles. The predicted molar refractivity (Wildman–Crippen MR) is 110 cm³/mol. The van der Waals surface area contributed by atoms with Gasteiger partial charge in [0.15, 0.2) is 0 Å². The number of rotatable bonds is 6. The van der Waals surface area contributed by atoms with Gasteiger partial charge in [0.1, 0.15) is 5.70 Å². The highest BCUT2D eigenvalue weighted by Gasteiger charge is 2.20. The zero-order valence-corrected chi connectivity index (χ0v) is 16.6. The average Bonchev–Trinajstić information content (AvgIpc) is 3.20. The number of carbonyl (C=O) groups excluding carboxylic acids is 2. The van der Waals surface area contributed by atoms with Gasteiger partial charge in [0.25, 0.3) is 11.8 Å². The van der Waals surface area contributed by atoms with Gasteiger partial charge in [-0.05, 0) is 42.7 Å². The summed E-state index contributed by atoms with van der Waals surface area (Å²) in [7, 11) is 0. The molecule has 0 radical (unpaired) electrons. The number of ether oxygens (including phenoxy) is 1. The molecule has 0 bridgehead atoms. The molecule has 2 aromatic carbocycles. The number of hydrogen-bond acceptors (Lipinski definition) is 3. The van der Waals surface area contributed by atoms with Gasteiger partial charge < -0.3 is 15.4 Å². The lowest BCUT2D eigenvalue weighted by Gasteiger charge is -2.14. The van der Waals surface area contributed by atoms with Crippen molar-refractivity contribution in [1.82, 2.24) is 10.6 Å². The Morgan fingerprint density at radius 2 is 1.93 bits per heavy atom. The molecule has 0 spiro atoms. The maximum Gasteiger partial charge on any atom is 0.267 e. The monoisotopic (exact) mass is 418 g/mol. The van der Waals surface area contributed by atoms with Gasteiger partial charge in [0.2, 0.25) is 0 Å². The van der Waals surface area contributed by atoms with E-state index in [-0.39, 0.29) is 22.4 Å². The van der Waals surface area contributed by atoms with Crippen molar-refractivity contribution in [2.24, 2.45) is 0 Å². The number of nitrogens with one attached hydrogen (secondary N) is 2. The first-order valence-corrected chi connectivity index (χ1v) is 9.71. The normalized spacial score (nSPS) is 16.6. The molecule has 1 fully saturated rings. The van der Waals surface area contributed by atoms with Crippen molar-refractivity contribution < 1.29 is 14.3 Å². The Morgan fingerprint density at radius 1 is 1.14 bits per heavy atom. The van der Waals surface area contributed by atoms with Crippen LogP contribution in [0.1, 0.15) is 28.8 Å². The Balaban J connectivity index is 1.78. The van der Waals surface area contributed by atoms with Gasteiger partial charge in [-0.3, -0.25) is 9.59 Å². The maximum absolute atomic E-state index is 12.7. The number of benzene rings is 2. The number of hydrogen-bond donors (Lipinski definition) is 2. The van der Waals surface area contributed by atoms with Crippen molar-refractivity contribution in [3.8, 4) is 0 Å². The quantitative estimate of drug-likeness (QED) is 0.694. The first kappa shape index (κ1) is 20.4. The number of halogens is 2. The van der Waals surface area contributed by atoms with Crippen molar-refractivity contribution in [2.45, 2.75) is 18.9 Å². The fraction of sp³-hybridized carbons (Fsp3) is 0.238. The summed E-state index contributed by atoms with van der Waals surface area (Å²) in [5.74, 6) is -0.881. The molecular formula is C21H20Cl2N2O3. The van der Waals surface area contributed by atoms with Crippen LogP contribution >= 0.6 is 23.2 Å². The van der Waals surface area contributed by atoms with Crippen LogP contribution < -0.4 is 10.6 Å².